The van der Waals surface area contributed by atoms with Gasteiger partial charge in [0.25, 0.3) is 0 Å². The summed E-state index contributed by atoms with van der Waals surface area (Å²) in [6, 6.07) is 13.8. The van der Waals surface area contributed by atoms with Gasteiger partial charge in [0.15, 0.2) is 0 Å². The lowest BCUT2D eigenvalue weighted by atomic mass is 9.77. The van der Waals surface area contributed by atoms with Gasteiger partial charge in [-0.3, -0.25) is 4.79 Å². The van der Waals surface area contributed by atoms with Gasteiger partial charge in [-0.15, -0.1) is 0 Å². The Hall–Kier alpha value is -2.75. The first-order chi connectivity index (χ1) is 12.5. The summed E-state index contributed by atoms with van der Waals surface area (Å²) in [7, 11) is 0. The third-order valence-corrected chi connectivity index (χ3v) is 5.41. The second kappa shape index (κ2) is 6.52. The van der Waals surface area contributed by atoms with Gasteiger partial charge in [0.1, 0.15) is 5.75 Å². The molecular weight excluding hydrogens is 324 g/mol. The number of carbonyl (C=O) groups is 1. The second-order valence-corrected chi connectivity index (χ2v) is 7.51. The molecule has 0 bridgehead atoms. The van der Waals surface area contributed by atoms with Crippen LogP contribution in [0.5, 0.6) is 5.75 Å². The quantitative estimate of drug-likeness (QED) is 0.697. The fourth-order valence-electron chi connectivity index (χ4n) is 3.97. The highest BCUT2D eigenvalue weighted by atomic mass is 16.3. The maximum absolute atomic E-state index is 12.0. The van der Waals surface area contributed by atoms with Crippen LogP contribution in [0.1, 0.15) is 43.4 Å². The highest BCUT2D eigenvalue weighted by Gasteiger charge is 2.37. The number of carbonyl (C=O) groups excluding carboxylic acids is 1. The molecule has 0 saturated carbocycles. The lowest BCUT2D eigenvalue weighted by Gasteiger charge is -2.37. The van der Waals surface area contributed by atoms with Gasteiger partial charge >= 0.3 is 0 Å². The van der Waals surface area contributed by atoms with E-state index < -0.39 is 0 Å². The maximum atomic E-state index is 12.0. The van der Waals surface area contributed by atoms with Crippen LogP contribution in [-0.4, -0.2) is 11.0 Å². The first-order valence-electron chi connectivity index (χ1n) is 9.20. The molecule has 3 atom stereocenters. The zero-order chi connectivity index (χ0) is 18.3. The molecular formula is C22H24N2O2. The van der Waals surface area contributed by atoms with Crippen molar-refractivity contribution in [2.75, 3.05) is 10.6 Å². The summed E-state index contributed by atoms with van der Waals surface area (Å²) in [6.07, 6.45) is 5.55. The minimum atomic E-state index is -0.0397. The third kappa shape index (κ3) is 2.96. The van der Waals surface area contributed by atoms with Crippen molar-refractivity contribution in [1.82, 2.24) is 0 Å². The summed E-state index contributed by atoms with van der Waals surface area (Å²) in [4.78, 5) is 12.0. The Kier molecular flexibility index (Phi) is 4.19. The predicted molar refractivity (Wildman–Crippen MR) is 104 cm³/mol. The van der Waals surface area contributed by atoms with Crippen LogP contribution in [0.25, 0.3) is 0 Å². The molecule has 4 rings (SSSR count). The number of amides is 1. The Bertz CT molecular complexity index is 855. The number of allylic oxidation sites excluding steroid dienone is 2. The molecule has 1 heterocycles. The fourth-order valence-corrected chi connectivity index (χ4v) is 3.97. The van der Waals surface area contributed by atoms with Crippen LogP contribution in [0.4, 0.5) is 11.4 Å². The smallest absolute Gasteiger partial charge is 0.226 e. The molecule has 0 radical (unpaired) electrons. The number of benzene rings is 2. The van der Waals surface area contributed by atoms with Crippen molar-refractivity contribution >= 4 is 17.3 Å². The number of hydrogen-bond donors (Lipinski definition) is 3. The van der Waals surface area contributed by atoms with E-state index >= 15 is 0 Å². The van der Waals surface area contributed by atoms with Crippen molar-refractivity contribution in [3.63, 3.8) is 0 Å². The average molecular weight is 348 g/mol. The van der Waals surface area contributed by atoms with Crippen molar-refractivity contribution in [3.05, 3.63) is 65.7 Å². The lowest BCUT2D eigenvalue weighted by molar-refractivity contribution is -0.118. The van der Waals surface area contributed by atoms with Crippen molar-refractivity contribution in [3.8, 4) is 5.75 Å². The number of phenolic OH excluding ortho intramolecular Hbond substituents is 1. The number of rotatable bonds is 3. The molecule has 4 heteroatoms. The van der Waals surface area contributed by atoms with Crippen LogP contribution in [0.2, 0.25) is 0 Å². The van der Waals surface area contributed by atoms with E-state index in [4.69, 9.17) is 0 Å². The molecule has 2 aromatic carbocycles. The second-order valence-electron chi connectivity index (χ2n) is 7.51. The van der Waals surface area contributed by atoms with E-state index in [1.54, 1.807) is 12.1 Å². The molecule has 3 unspecified atom stereocenters. The van der Waals surface area contributed by atoms with Crippen LogP contribution < -0.4 is 10.6 Å². The van der Waals surface area contributed by atoms with Crippen LogP contribution in [0.3, 0.4) is 0 Å². The van der Waals surface area contributed by atoms with Crippen LogP contribution in [0, 0.1) is 11.8 Å². The first-order valence-corrected chi connectivity index (χ1v) is 9.20. The van der Waals surface area contributed by atoms with E-state index in [0.717, 1.165) is 17.8 Å². The molecule has 26 heavy (non-hydrogen) atoms. The van der Waals surface area contributed by atoms with Crippen molar-refractivity contribution in [1.29, 1.82) is 0 Å². The normalized spacial score (nSPS) is 23.3. The van der Waals surface area contributed by atoms with Gasteiger partial charge in [0.05, 0.1) is 6.04 Å². The Balaban J connectivity index is 1.66. The molecule has 0 aromatic heterocycles. The number of aromatic hydroxyl groups is 1. The van der Waals surface area contributed by atoms with Crippen LogP contribution >= 0.6 is 0 Å². The van der Waals surface area contributed by atoms with E-state index in [-0.39, 0.29) is 23.6 Å². The largest absolute Gasteiger partial charge is 0.508 e. The minimum Gasteiger partial charge on any atom is -0.508 e. The summed E-state index contributed by atoms with van der Waals surface area (Å²) in [6.45, 7) is 3.79. The third-order valence-electron chi connectivity index (χ3n) is 5.41. The SMILES string of the molecule is CC(C)C(=O)Nc1ccc2c(c1)C1C=CCC1C(c1ccc(O)cc1)N2. The van der Waals surface area contributed by atoms with E-state index in [1.165, 1.54) is 11.1 Å². The standard InChI is InChI=1S/C22H24N2O2/c1-13(2)22(26)23-15-8-11-20-19(12-15)17-4-3-5-18(17)21(24-20)14-6-9-16(25)10-7-14/h3-4,6-13,17-18,21,24-25H,5H2,1-2H3,(H,23,26). The highest BCUT2D eigenvalue weighted by molar-refractivity contribution is 5.92. The van der Waals surface area contributed by atoms with Crippen LogP contribution in [0.15, 0.2) is 54.6 Å². The Morgan fingerprint density at radius 1 is 1.19 bits per heavy atom. The zero-order valence-corrected chi connectivity index (χ0v) is 15.1. The lowest BCUT2D eigenvalue weighted by Crippen LogP contribution is -2.29. The monoisotopic (exact) mass is 348 g/mol. The number of hydrogen-bond acceptors (Lipinski definition) is 3. The van der Waals surface area contributed by atoms with Gasteiger partial charge in [-0.25, -0.2) is 0 Å². The Morgan fingerprint density at radius 3 is 2.69 bits per heavy atom. The van der Waals surface area contributed by atoms with Gasteiger partial charge in [0, 0.05) is 23.2 Å². The minimum absolute atomic E-state index is 0.0363. The summed E-state index contributed by atoms with van der Waals surface area (Å²) < 4.78 is 0. The van der Waals surface area contributed by atoms with E-state index in [2.05, 4.69) is 34.9 Å². The number of anilines is 2. The van der Waals surface area contributed by atoms with Crippen molar-refractivity contribution in [2.45, 2.75) is 32.2 Å². The molecule has 1 amide bonds. The molecule has 0 spiro atoms. The van der Waals surface area contributed by atoms with E-state index in [9.17, 15) is 9.90 Å². The zero-order valence-electron chi connectivity index (χ0n) is 15.1. The van der Waals surface area contributed by atoms with Gasteiger partial charge in [-0.2, -0.15) is 0 Å². The molecule has 1 aliphatic carbocycles. The number of phenols is 1. The van der Waals surface area contributed by atoms with Gasteiger partial charge in [-0.1, -0.05) is 38.1 Å². The summed E-state index contributed by atoms with van der Waals surface area (Å²) in [5.41, 5.74) is 4.38. The fraction of sp³-hybridized carbons (Fsp3) is 0.318. The number of nitrogens with one attached hydrogen (secondary N) is 2. The molecule has 1 aliphatic heterocycles. The number of fused-ring (bicyclic) bond motifs is 3. The molecule has 2 aromatic rings. The van der Waals surface area contributed by atoms with Gasteiger partial charge in [0.2, 0.25) is 5.91 Å². The van der Waals surface area contributed by atoms with Crippen molar-refractivity contribution in [2.24, 2.45) is 11.8 Å². The average Bonchev–Trinajstić information content (AvgIpc) is 3.12. The predicted octanol–water partition coefficient (Wildman–Crippen LogP) is 4.81. The van der Waals surface area contributed by atoms with Gasteiger partial charge in [-0.05, 0) is 53.8 Å². The van der Waals surface area contributed by atoms with Crippen LogP contribution in [-0.2, 0) is 4.79 Å². The first kappa shape index (κ1) is 16.7. The molecule has 3 N–H and O–H groups in total. The Morgan fingerprint density at radius 2 is 1.96 bits per heavy atom. The summed E-state index contributed by atoms with van der Waals surface area (Å²) in [5.74, 6) is 1.05. The molecule has 2 aliphatic rings. The molecule has 4 nitrogen and oxygen atoms in total. The van der Waals surface area contributed by atoms with Gasteiger partial charge < -0.3 is 15.7 Å². The van der Waals surface area contributed by atoms with Crippen molar-refractivity contribution < 1.29 is 9.90 Å². The topological polar surface area (TPSA) is 61.4 Å². The Labute approximate surface area is 153 Å². The molecule has 0 saturated heterocycles. The summed E-state index contributed by atoms with van der Waals surface area (Å²) in [5, 5.41) is 16.2. The highest BCUT2D eigenvalue weighted by Crippen LogP contribution is 2.50. The summed E-state index contributed by atoms with van der Waals surface area (Å²) >= 11 is 0. The van der Waals surface area contributed by atoms with E-state index in [1.807, 2.05) is 32.0 Å². The molecule has 134 valence electrons. The van der Waals surface area contributed by atoms with E-state index in [0.29, 0.717) is 11.8 Å². The maximum Gasteiger partial charge on any atom is 0.226 e. The molecule has 0 fully saturated rings.